The normalized spacial score (nSPS) is 10.3. The van der Waals surface area contributed by atoms with Gasteiger partial charge in [0.05, 0.1) is 5.75 Å². The van der Waals surface area contributed by atoms with Gasteiger partial charge in [-0.15, -0.1) is 11.8 Å². The SMILES string of the molecule is O=C(CSc1ccc(Cl)cc1)Nc1ccc(Br)c(Br)c1. The zero-order valence-corrected chi connectivity index (χ0v) is 14.9. The van der Waals surface area contributed by atoms with Gasteiger partial charge < -0.3 is 5.32 Å². The van der Waals surface area contributed by atoms with Crippen LogP contribution >= 0.6 is 55.2 Å². The number of thioether (sulfide) groups is 1. The summed E-state index contributed by atoms with van der Waals surface area (Å²) in [7, 11) is 0. The van der Waals surface area contributed by atoms with E-state index in [1.807, 2.05) is 42.5 Å². The van der Waals surface area contributed by atoms with E-state index in [0.717, 1.165) is 19.5 Å². The van der Waals surface area contributed by atoms with Crippen molar-refractivity contribution in [1.29, 1.82) is 0 Å². The molecule has 0 radical (unpaired) electrons. The van der Waals surface area contributed by atoms with Crippen LogP contribution in [-0.4, -0.2) is 11.7 Å². The fraction of sp³-hybridized carbons (Fsp3) is 0.0714. The molecule has 0 fully saturated rings. The highest BCUT2D eigenvalue weighted by molar-refractivity contribution is 9.13. The van der Waals surface area contributed by atoms with Crippen LogP contribution in [0.3, 0.4) is 0 Å². The number of amides is 1. The van der Waals surface area contributed by atoms with Crippen molar-refractivity contribution >= 4 is 66.8 Å². The van der Waals surface area contributed by atoms with Gasteiger partial charge in [-0.05, 0) is 74.3 Å². The zero-order valence-electron chi connectivity index (χ0n) is 10.2. The number of carbonyl (C=O) groups is 1. The molecular weight excluding hydrogens is 425 g/mol. The molecule has 2 nitrogen and oxygen atoms in total. The number of anilines is 1. The van der Waals surface area contributed by atoms with Crippen molar-refractivity contribution in [2.75, 3.05) is 11.1 Å². The van der Waals surface area contributed by atoms with Crippen molar-refractivity contribution in [2.45, 2.75) is 4.90 Å². The first-order valence-corrected chi connectivity index (χ1v) is 8.63. The molecule has 0 heterocycles. The van der Waals surface area contributed by atoms with Gasteiger partial charge in [-0.25, -0.2) is 0 Å². The minimum absolute atomic E-state index is 0.0424. The zero-order chi connectivity index (χ0) is 14.5. The van der Waals surface area contributed by atoms with E-state index in [2.05, 4.69) is 37.2 Å². The lowest BCUT2D eigenvalue weighted by molar-refractivity contribution is -0.113. The summed E-state index contributed by atoms with van der Waals surface area (Å²) in [5.74, 6) is 0.314. The molecule has 1 N–H and O–H groups in total. The molecule has 0 aliphatic rings. The molecule has 6 heteroatoms. The molecule has 1 amide bonds. The van der Waals surface area contributed by atoms with Crippen molar-refractivity contribution in [3.05, 3.63) is 56.4 Å². The lowest BCUT2D eigenvalue weighted by Gasteiger charge is -2.06. The predicted molar refractivity (Wildman–Crippen MR) is 92.6 cm³/mol. The summed E-state index contributed by atoms with van der Waals surface area (Å²) in [5, 5.41) is 3.55. The molecule has 0 aromatic heterocycles. The van der Waals surface area contributed by atoms with E-state index < -0.39 is 0 Å². The van der Waals surface area contributed by atoms with Crippen LogP contribution in [-0.2, 0) is 4.79 Å². The fourth-order valence-corrected chi connectivity index (χ4v) is 2.90. The van der Waals surface area contributed by atoms with Gasteiger partial charge in [0.15, 0.2) is 0 Å². The van der Waals surface area contributed by atoms with Crippen molar-refractivity contribution in [3.63, 3.8) is 0 Å². The third-order valence-electron chi connectivity index (χ3n) is 2.39. The molecule has 0 bridgehead atoms. The standard InChI is InChI=1S/C14H10Br2ClNOS/c15-12-6-3-10(7-13(12)16)18-14(19)8-20-11-4-1-9(17)2-5-11/h1-7H,8H2,(H,18,19). The molecule has 0 aliphatic heterocycles. The first-order chi connectivity index (χ1) is 9.54. The summed E-state index contributed by atoms with van der Waals surface area (Å²) in [6.07, 6.45) is 0. The summed E-state index contributed by atoms with van der Waals surface area (Å²) in [4.78, 5) is 12.9. The van der Waals surface area contributed by atoms with E-state index in [4.69, 9.17) is 11.6 Å². The number of halogens is 3. The molecule has 104 valence electrons. The average Bonchev–Trinajstić information content (AvgIpc) is 2.42. The summed E-state index contributed by atoms with van der Waals surface area (Å²) >= 11 is 14.1. The Bertz CT molecular complexity index is 619. The molecule has 0 saturated carbocycles. The van der Waals surface area contributed by atoms with Crippen molar-refractivity contribution in [3.8, 4) is 0 Å². The molecule has 2 rings (SSSR count). The Kier molecular flexibility index (Phi) is 5.96. The first kappa shape index (κ1) is 15.9. The molecule has 2 aromatic rings. The summed E-state index contributed by atoms with van der Waals surface area (Å²) in [6.45, 7) is 0. The predicted octanol–water partition coefficient (Wildman–Crippen LogP) is 5.60. The average molecular weight is 436 g/mol. The van der Waals surface area contributed by atoms with E-state index in [-0.39, 0.29) is 5.91 Å². The summed E-state index contributed by atoms with van der Waals surface area (Å²) < 4.78 is 1.85. The van der Waals surface area contributed by atoms with Crippen LogP contribution in [0.4, 0.5) is 5.69 Å². The highest BCUT2D eigenvalue weighted by Crippen LogP contribution is 2.26. The fourth-order valence-electron chi connectivity index (χ4n) is 1.45. The van der Waals surface area contributed by atoms with Gasteiger partial charge in [0.25, 0.3) is 0 Å². The van der Waals surface area contributed by atoms with Crippen molar-refractivity contribution in [2.24, 2.45) is 0 Å². The Balaban J connectivity index is 1.89. The second kappa shape index (κ2) is 7.50. The smallest absolute Gasteiger partial charge is 0.234 e. The maximum atomic E-state index is 11.9. The Hall–Kier alpha value is -0.490. The number of benzene rings is 2. The molecule has 0 aliphatic carbocycles. The van der Waals surface area contributed by atoms with Crippen LogP contribution in [0.15, 0.2) is 56.3 Å². The van der Waals surface area contributed by atoms with E-state index >= 15 is 0 Å². The van der Waals surface area contributed by atoms with Crippen molar-refractivity contribution < 1.29 is 4.79 Å². The van der Waals surface area contributed by atoms with Crippen LogP contribution in [0.5, 0.6) is 0 Å². The topological polar surface area (TPSA) is 29.1 Å². The molecular formula is C14H10Br2ClNOS. The summed E-state index contributed by atoms with van der Waals surface area (Å²) in [5.41, 5.74) is 0.766. The van der Waals surface area contributed by atoms with E-state index in [1.54, 1.807) is 0 Å². The Morgan fingerprint density at radius 2 is 1.80 bits per heavy atom. The van der Waals surface area contributed by atoms with Crippen LogP contribution in [0.25, 0.3) is 0 Å². The van der Waals surface area contributed by atoms with Crippen LogP contribution in [0.2, 0.25) is 5.02 Å². The molecule has 0 atom stereocenters. The van der Waals surface area contributed by atoms with Gasteiger partial charge in [-0.2, -0.15) is 0 Å². The quantitative estimate of drug-likeness (QED) is 0.634. The highest BCUT2D eigenvalue weighted by Gasteiger charge is 2.05. The first-order valence-electron chi connectivity index (χ1n) is 5.68. The minimum atomic E-state index is -0.0424. The molecule has 20 heavy (non-hydrogen) atoms. The van der Waals surface area contributed by atoms with Gasteiger partial charge in [-0.3, -0.25) is 4.79 Å². The number of rotatable bonds is 4. The second-order valence-corrected chi connectivity index (χ2v) is 7.11. The van der Waals surface area contributed by atoms with E-state index in [9.17, 15) is 4.79 Å². The van der Waals surface area contributed by atoms with Gasteiger partial charge >= 0.3 is 0 Å². The van der Waals surface area contributed by atoms with E-state index in [0.29, 0.717) is 10.8 Å². The monoisotopic (exact) mass is 433 g/mol. The third kappa shape index (κ3) is 4.81. The van der Waals surface area contributed by atoms with Crippen LogP contribution in [0, 0.1) is 0 Å². The van der Waals surface area contributed by atoms with Gasteiger partial charge in [-0.1, -0.05) is 11.6 Å². The second-order valence-electron chi connectivity index (χ2n) is 3.92. The molecule has 0 unspecified atom stereocenters. The third-order valence-corrected chi connectivity index (χ3v) is 5.53. The van der Waals surface area contributed by atoms with Crippen molar-refractivity contribution in [1.82, 2.24) is 0 Å². The van der Waals surface area contributed by atoms with Gasteiger partial charge in [0.2, 0.25) is 5.91 Å². The Labute approximate surface area is 143 Å². The van der Waals surface area contributed by atoms with Crippen LogP contribution < -0.4 is 5.32 Å². The lowest BCUT2D eigenvalue weighted by Crippen LogP contribution is -2.13. The Morgan fingerprint density at radius 1 is 1.10 bits per heavy atom. The Morgan fingerprint density at radius 3 is 2.45 bits per heavy atom. The van der Waals surface area contributed by atoms with Gasteiger partial charge in [0, 0.05) is 24.6 Å². The number of carbonyl (C=O) groups excluding carboxylic acids is 1. The number of hydrogen-bond donors (Lipinski definition) is 1. The van der Waals surface area contributed by atoms with Crippen LogP contribution in [0.1, 0.15) is 0 Å². The molecule has 2 aromatic carbocycles. The maximum absolute atomic E-state index is 11.9. The highest BCUT2D eigenvalue weighted by atomic mass is 79.9. The summed E-state index contributed by atoms with van der Waals surface area (Å²) in [6, 6.07) is 13.0. The van der Waals surface area contributed by atoms with E-state index in [1.165, 1.54) is 11.8 Å². The lowest BCUT2D eigenvalue weighted by atomic mass is 10.3. The maximum Gasteiger partial charge on any atom is 0.234 e. The molecule has 0 saturated heterocycles. The minimum Gasteiger partial charge on any atom is -0.325 e. The van der Waals surface area contributed by atoms with Gasteiger partial charge in [0.1, 0.15) is 0 Å². The number of nitrogens with one attached hydrogen (secondary N) is 1. The largest absolute Gasteiger partial charge is 0.325 e. The molecule has 0 spiro atoms. The number of hydrogen-bond acceptors (Lipinski definition) is 2.